The second-order valence-electron chi connectivity index (χ2n) is 3.51. The van der Waals surface area contributed by atoms with Crippen molar-refractivity contribution in [2.45, 2.75) is 0 Å². The first-order chi connectivity index (χ1) is 8.25. The highest BCUT2D eigenvalue weighted by molar-refractivity contribution is 5.90. The average Bonchev–Trinajstić information content (AvgIpc) is 2.34. The Balaban J connectivity index is 2.11. The molecule has 0 atom stereocenters. The molecule has 0 radical (unpaired) electrons. The Bertz CT molecular complexity index is 563. The van der Waals surface area contributed by atoms with Crippen LogP contribution < -0.4 is 0 Å². The molecule has 0 heterocycles. The largest absolute Gasteiger partial charge is 0.479 e. The summed E-state index contributed by atoms with van der Waals surface area (Å²) >= 11 is 0. The van der Waals surface area contributed by atoms with E-state index < -0.39 is 12.6 Å². The van der Waals surface area contributed by atoms with E-state index in [1.807, 2.05) is 42.5 Å². The van der Waals surface area contributed by atoms with Gasteiger partial charge in [0, 0.05) is 0 Å². The highest BCUT2D eigenvalue weighted by atomic mass is 16.6. The molecule has 1 N–H and O–H groups in total. The first kappa shape index (κ1) is 11.1. The summed E-state index contributed by atoms with van der Waals surface area (Å²) in [5, 5.41) is 14.2. The number of nitrogens with zero attached hydrogens (tertiary/aromatic N) is 1. The van der Waals surface area contributed by atoms with Crippen LogP contribution in [0.15, 0.2) is 47.6 Å². The van der Waals surface area contributed by atoms with Gasteiger partial charge in [0.1, 0.15) is 0 Å². The Morgan fingerprint density at radius 2 is 2.00 bits per heavy atom. The Labute approximate surface area is 98.1 Å². The topological polar surface area (TPSA) is 58.9 Å². The molecule has 0 bridgehead atoms. The number of hydrogen-bond donors (Lipinski definition) is 1. The monoisotopic (exact) mass is 229 g/mol. The summed E-state index contributed by atoms with van der Waals surface area (Å²) in [5.74, 6) is -1.04. The van der Waals surface area contributed by atoms with Gasteiger partial charge in [-0.05, 0) is 22.4 Å². The zero-order valence-electron chi connectivity index (χ0n) is 9.04. The van der Waals surface area contributed by atoms with E-state index in [0.717, 1.165) is 16.3 Å². The third-order valence-electron chi connectivity index (χ3n) is 2.24. The molecule has 0 saturated carbocycles. The number of carboxylic acid groups (broad SMARTS) is 1. The SMILES string of the molecule is O=C(O)CON=Cc1ccc2ccccc2c1. The van der Waals surface area contributed by atoms with E-state index in [2.05, 4.69) is 9.99 Å². The summed E-state index contributed by atoms with van der Waals surface area (Å²) in [6, 6.07) is 13.8. The molecule has 4 heteroatoms. The molecule has 2 rings (SSSR count). The lowest BCUT2D eigenvalue weighted by Crippen LogP contribution is -2.03. The fourth-order valence-corrected chi connectivity index (χ4v) is 1.48. The number of aliphatic carboxylic acids is 1. The van der Waals surface area contributed by atoms with Gasteiger partial charge in [0.2, 0.25) is 6.61 Å². The summed E-state index contributed by atoms with van der Waals surface area (Å²) in [4.78, 5) is 14.8. The van der Waals surface area contributed by atoms with Gasteiger partial charge in [0.05, 0.1) is 6.21 Å². The van der Waals surface area contributed by atoms with Crippen LogP contribution in [0.1, 0.15) is 5.56 Å². The molecule has 0 aromatic heterocycles. The van der Waals surface area contributed by atoms with Crippen LogP contribution in [-0.2, 0) is 9.63 Å². The van der Waals surface area contributed by atoms with Gasteiger partial charge in [-0.3, -0.25) is 0 Å². The zero-order chi connectivity index (χ0) is 12.1. The fourth-order valence-electron chi connectivity index (χ4n) is 1.48. The molecular formula is C13H11NO3. The third-order valence-corrected chi connectivity index (χ3v) is 2.24. The number of carbonyl (C=O) groups is 1. The van der Waals surface area contributed by atoms with Gasteiger partial charge in [0.15, 0.2) is 0 Å². The van der Waals surface area contributed by atoms with E-state index in [1.165, 1.54) is 6.21 Å². The Morgan fingerprint density at radius 3 is 2.76 bits per heavy atom. The molecule has 0 aliphatic rings. The Kier molecular flexibility index (Phi) is 3.35. The molecule has 0 unspecified atom stereocenters. The smallest absolute Gasteiger partial charge is 0.344 e. The van der Waals surface area contributed by atoms with Crippen LogP contribution in [0.2, 0.25) is 0 Å². The van der Waals surface area contributed by atoms with E-state index in [1.54, 1.807) is 0 Å². The van der Waals surface area contributed by atoms with Gasteiger partial charge < -0.3 is 9.94 Å². The van der Waals surface area contributed by atoms with Crippen molar-refractivity contribution < 1.29 is 14.7 Å². The summed E-state index contributed by atoms with van der Waals surface area (Å²) in [6.45, 7) is -0.427. The standard InChI is InChI=1S/C13H11NO3/c15-13(16)9-17-14-8-10-5-6-11-3-1-2-4-12(11)7-10/h1-8H,9H2,(H,15,16). The molecule has 2 aromatic carbocycles. The minimum Gasteiger partial charge on any atom is -0.479 e. The van der Waals surface area contributed by atoms with Crippen molar-refractivity contribution in [2.24, 2.45) is 5.16 Å². The van der Waals surface area contributed by atoms with Gasteiger partial charge in [-0.25, -0.2) is 4.79 Å². The van der Waals surface area contributed by atoms with Crippen molar-refractivity contribution in [3.63, 3.8) is 0 Å². The van der Waals surface area contributed by atoms with E-state index >= 15 is 0 Å². The molecule has 17 heavy (non-hydrogen) atoms. The van der Waals surface area contributed by atoms with Crippen LogP contribution in [0.3, 0.4) is 0 Å². The van der Waals surface area contributed by atoms with E-state index in [0.29, 0.717) is 0 Å². The van der Waals surface area contributed by atoms with E-state index in [9.17, 15) is 4.79 Å². The fraction of sp³-hybridized carbons (Fsp3) is 0.0769. The minimum absolute atomic E-state index is 0.427. The van der Waals surface area contributed by atoms with Gasteiger partial charge in [-0.1, -0.05) is 41.6 Å². The molecular weight excluding hydrogens is 218 g/mol. The first-order valence-electron chi connectivity index (χ1n) is 5.11. The van der Waals surface area contributed by atoms with Gasteiger partial charge in [-0.2, -0.15) is 0 Å². The number of fused-ring (bicyclic) bond motifs is 1. The highest BCUT2D eigenvalue weighted by Crippen LogP contribution is 2.14. The lowest BCUT2D eigenvalue weighted by atomic mass is 10.1. The summed E-state index contributed by atoms with van der Waals surface area (Å²) in [5.41, 5.74) is 0.870. The molecule has 4 nitrogen and oxygen atoms in total. The summed E-state index contributed by atoms with van der Waals surface area (Å²) < 4.78 is 0. The molecule has 0 aliphatic carbocycles. The van der Waals surface area contributed by atoms with Crippen molar-refractivity contribution in [3.8, 4) is 0 Å². The zero-order valence-corrected chi connectivity index (χ0v) is 9.04. The second kappa shape index (κ2) is 5.12. The molecule has 0 aliphatic heterocycles. The predicted molar refractivity (Wildman–Crippen MR) is 65.1 cm³/mol. The van der Waals surface area contributed by atoms with E-state index in [-0.39, 0.29) is 0 Å². The maximum Gasteiger partial charge on any atom is 0.344 e. The molecule has 86 valence electrons. The van der Waals surface area contributed by atoms with Gasteiger partial charge >= 0.3 is 5.97 Å². The highest BCUT2D eigenvalue weighted by Gasteiger charge is 1.95. The van der Waals surface area contributed by atoms with Gasteiger partial charge in [0.25, 0.3) is 0 Å². The molecule has 2 aromatic rings. The predicted octanol–water partition coefficient (Wildman–Crippen LogP) is 2.27. The van der Waals surface area contributed by atoms with Gasteiger partial charge in [-0.15, -0.1) is 0 Å². The van der Waals surface area contributed by atoms with Crippen LogP contribution in [-0.4, -0.2) is 23.9 Å². The second-order valence-corrected chi connectivity index (χ2v) is 3.51. The van der Waals surface area contributed by atoms with E-state index in [4.69, 9.17) is 5.11 Å². The van der Waals surface area contributed by atoms with Crippen LogP contribution in [0, 0.1) is 0 Å². The van der Waals surface area contributed by atoms with Crippen LogP contribution in [0.4, 0.5) is 0 Å². The van der Waals surface area contributed by atoms with Crippen molar-refractivity contribution in [1.82, 2.24) is 0 Å². The number of rotatable bonds is 4. The molecule has 0 saturated heterocycles. The quantitative estimate of drug-likeness (QED) is 0.646. The minimum atomic E-state index is -1.04. The lowest BCUT2D eigenvalue weighted by molar-refractivity contribution is -0.142. The number of hydrogen-bond acceptors (Lipinski definition) is 3. The molecule has 0 fully saturated rings. The lowest BCUT2D eigenvalue weighted by Gasteiger charge is -1.98. The maximum absolute atomic E-state index is 10.2. The van der Waals surface area contributed by atoms with Crippen LogP contribution in [0.5, 0.6) is 0 Å². The van der Waals surface area contributed by atoms with Crippen LogP contribution >= 0.6 is 0 Å². The number of oxime groups is 1. The maximum atomic E-state index is 10.2. The molecule has 0 amide bonds. The Hall–Kier alpha value is -2.36. The summed E-state index contributed by atoms with van der Waals surface area (Å²) in [6.07, 6.45) is 1.50. The van der Waals surface area contributed by atoms with Crippen LogP contribution in [0.25, 0.3) is 10.8 Å². The Morgan fingerprint density at radius 1 is 1.24 bits per heavy atom. The van der Waals surface area contributed by atoms with Crippen molar-refractivity contribution >= 4 is 23.0 Å². The van der Waals surface area contributed by atoms with Crippen molar-refractivity contribution in [1.29, 1.82) is 0 Å². The third kappa shape index (κ3) is 3.04. The normalized spacial score (nSPS) is 10.8. The van der Waals surface area contributed by atoms with Crippen molar-refractivity contribution in [2.75, 3.05) is 6.61 Å². The average molecular weight is 229 g/mol. The van der Waals surface area contributed by atoms with Crippen molar-refractivity contribution in [3.05, 3.63) is 48.0 Å². The summed E-state index contributed by atoms with van der Waals surface area (Å²) in [7, 11) is 0. The number of carboxylic acids is 1. The first-order valence-corrected chi connectivity index (χ1v) is 5.11. The molecule has 0 spiro atoms. The number of benzene rings is 2.